The fraction of sp³-hybridized carbons (Fsp3) is 0.538. The second-order valence-corrected chi connectivity index (χ2v) is 5.03. The van der Waals surface area contributed by atoms with Crippen LogP contribution in [-0.4, -0.2) is 19.3 Å². The van der Waals surface area contributed by atoms with E-state index in [-0.39, 0.29) is 0 Å². The number of hydrogen-bond acceptors (Lipinski definition) is 3. The molecule has 96 valence electrons. The number of nitrogens with two attached hydrogens (primary N) is 1. The Hall–Kier alpha value is -1.78. The molecule has 0 atom stereocenters. The van der Waals surface area contributed by atoms with Crippen LogP contribution in [0.1, 0.15) is 37.9 Å². The quantitative estimate of drug-likeness (QED) is 0.897. The lowest BCUT2D eigenvalue weighted by Crippen LogP contribution is -2.06. The molecule has 5 nitrogen and oxygen atoms in total. The zero-order valence-corrected chi connectivity index (χ0v) is 10.9. The van der Waals surface area contributed by atoms with E-state index in [0.29, 0.717) is 5.92 Å². The normalized spacial score (nSPS) is 15.2. The zero-order valence-electron chi connectivity index (χ0n) is 10.9. The lowest BCUT2D eigenvalue weighted by molar-refractivity contribution is 0.646. The Kier molecular flexibility index (Phi) is 2.61. The van der Waals surface area contributed by atoms with Crippen LogP contribution in [0.5, 0.6) is 0 Å². The minimum absolute atomic E-state index is 0.615. The number of anilines is 1. The Bertz CT molecular complexity index is 562. The van der Waals surface area contributed by atoms with Crippen LogP contribution >= 0.6 is 0 Å². The van der Waals surface area contributed by atoms with Crippen LogP contribution in [0.4, 0.5) is 5.82 Å². The molecule has 2 N–H and O–H groups in total. The monoisotopic (exact) mass is 245 g/mol. The predicted molar refractivity (Wildman–Crippen MR) is 71.1 cm³/mol. The maximum atomic E-state index is 6.26. The summed E-state index contributed by atoms with van der Waals surface area (Å²) in [6.07, 6.45) is 7.35. The van der Waals surface area contributed by atoms with Crippen molar-refractivity contribution in [1.82, 2.24) is 19.3 Å². The Morgan fingerprint density at radius 3 is 2.78 bits per heavy atom. The molecule has 0 bridgehead atoms. The van der Waals surface area contributed by atoms with Gasteiger partial charge in [-0.1, -0.05) is 6.92 Å². The maximum Gasteiger partial charge on any atom is 0.131 e. The van der Waals surface area contributed by atoms with Crippen LogP contribution in [0.15, 0.2) is 12.4 Å². The van der Waals surface area contributed by atoms with Crippen molar-refractivity contribution in [2.24, 2.45) is 7.05 Å². The molecule has 5 heteroatoms. The maximum absolute atomic E-state index is 6.26. The summed E-state index contributed by atoms with van der Waals surface area (Å²) in [5.74, 6) is 2.56. The summed E-state index contributed by atoms with van der Waals surface area (Å²) in [5.41, 5.74) is 8.15. The molecule has 0 radical (unpaired) electrons. The molecule has 1 aliphatic rings. The van der Waals surface area contributed by atoms with Crippen LogP contribution in [-0.2, 0) is 13.6 Å². The van der Waals surface area contributed by atoms with Crippen molar-refractivity contribution < 1.29 is 0 Å². The van der Waals surface area contributed by atoms with Gasteiger partial charge in [0.25, 0.3) is 0 Å². The fourth-order valence-corrected chi connectivity index (χ4v) is 2.35. The van der Waals surface area contributed by atoms with E-state index in [9.17, 15) is 0 Å². The highest BCUT2D eigenvalue weighted by Gasteiger charge is 2.30. The van der Waals surface area contributed by atoms with Gasteiger partial charge in [-0.15, -0.1) is 0 Å². The molecule has 1 aliphatic carbocycles. The summed E-state index contributed by atoms with van der Waals surface area (Å²) in [6.45, 7) is 3.12. The van der Waals surface area contributed by atoms with E-state index in [0.717, 1.165) is 35.9 Å². The van der Waals surface area contributed by atoms with Crippen LogP contribution in [0, 0.1) is 0 Å². The van der Waals surface area contributed by atoms with Gasteiger partial charge >= 0.3 is 0 Å². The second-order valence-electron chi connectivity index (χ2n) is 5.03. The average Bonchev–Trinajstić information content (AvgIpc) is 3.03. The van der Waals surface area contributed by atoms with E-state index >= 15 is 0 Å². The number of nitrogen functional groups attached to an aromatic ring is 1. The Morgan fingerprint density at radius 1 is 1.44 bits per heavy atom. The zero-order chi connectivity index (χ0) is 12.7. The van der Waals surface area contributed by atoms with Gasteiger partial charge in [0.15, 0.2) is 0 Å². The number of rotatable bonds is 4. The first kappa shape index (κ1) is 11.3. The number of aryl methyl sites for hydroxylation is 1. The van der Waals surface area contributed by atoms with E-state index in [1.807, 2.05) is 19.4 Å². The van der Waals surface area contributed by atoms with Crippen molar-refractivity contribution in [3.8, 4) is 11.3 Å². The molecule has 1 saturated carbocycles. The molecule has 0 amide bonds. The lowest BCUT2D eigenvalue weighted by atomic mass is 10.2. The molecule has 0 aromatic carbocycles. The fourth-order valence-electron chi connectivity index (χ4n) is 2.35. The third kappa shape index (κ3) is 1.79. The number of aromatic nitrogens is 4. The first-order valence-electron chi connectivity index (χ1n) is 6.55. The van der Waals surface area contributed by atoms with E-state index in [2.05, 4.69) is 16.6 Å². The number of nitrogens with zero attached hydrogens (tertiary/aromatic N) is 4. The average molecular weight is 245 g/mol. The Labute approximate surface area is 107 Å². The molecular weight excluding hydrogens is 226 g/mol. The minimum atomic E-state index is 0.615. The van der Waals surface area contributed by atoms with Crippen molar-refractivity contribution in [2.75, 3.05) is 5.73 Å². The van der Waals surface area contributed by atoms with Crippen molar-refractivity contribution in [3.05, 3.63) is 18.2 Å². The van der Waals surface area contributed by atoms with Crippen molar-refractivity contribution >= 4 is 5.82 Å². The summed E-state index contributed by atoms with van der Waals surface area (Å²) in [4.78, 5) is 4.76. The highest BCUT2D eigenvalue weighted by Crippen LogP contribution is 2.42. The molecule has 0 unspecified atom stereocenters. The highest BCUT2D eigenvalue weighted by atomic mass is 15.2. The lowest BCUT2D eigenvalue weighted by Gasteiger charge is -2.06. The van der Waals surface area contributed by atoms with Crippen LogP contribution in [0.2, 0.25) is 0 Å². The van der Waals surface area contributed by atoms with E-state index < -0.39 is 0 Å². The third-order valence-electron chi connectivity index (χ3n) is 3.40. The van der Waals surface area contributed by atoms with E-state index in [1.54, 1.807) is 4.68 Å². The highest BCUT2D eigenvalue weighted by molar-refractivity contribution is 5.70. The van der Waals surface area contributed by atoms with Gasteiger partial charge in [-0.2, -0.15) is 5.10 Å². The van der Waals surface area contributed by atoms with Gasteiger partial charge in [0.2, 0.25) is 0 Å². The van der Waals surface area contributed by atoms with Crippen molar-refractivity contribution in [1.29, 1.82) is 0 Å². The molecule has 2 aromatic heterocycles. The topological polar surface area (TPSA) is 61.7 Å². The first-order valence-corrected chi connectivity index (χ1v) is 6.55. The summed E-state index contributed by atoms with van der Waals surface area (Å²) in [7, 11) is 1.91. The third-order valence-corrected chi connectivity index (χ3v) is 3.40. The summed E-state index contributed by atoms with van der Waals surface area (Å²) in [5, 5.41) is 4.19. The van der Waals surface area contributed by atoms with Gasteiger partial charge in [0, 0.05) is 31.3 Å². The van der Waals surface area contributed by atoms with Crippen molar-refractivity contribution in [3.63, 3.8) is 0 Å². The number of imidazole rings is 1. The molecule has 18 heavy (non-hydrogen) atoms. The predicted octanol–water partition coefficient (Wildman–Crippen LogP) is 2.15. The second kappa shape index (κ2) is 4.15. The van der Waals surface area contributed by atoms with E-state index in [1.165, 1.54) is 12.8 Å². The van der Waals surface area contributed by atoms with Gasteiger partial charge in [0.1, 0.15) is 17.3 Å². The summed E-state index contributed by atoms with van der Waals surface area (Å²) < 4.78 is 3.96. The molecule has 2 heterocycles. The summed E-state index contributed by atoms with van der Waals surface area (Å²) in [6, 6.07) is 0. The molecule has 1 fully saturated rings. The van der Waals surface area contributed by atoms with Gasteiger partial charge < -0.3 is 10.3 Å². The first-order chi connectivity index (χ1) is 8.70. The Balaban J connectivity index is 2.07. The molecule has 0 spiro atoms. The molecular formula is C13H19N5. The molecule has 2 aromatic rings. The smallest absolute Gasteiger partial charge is 0.131 e. The van der Waals surface area contributed by atoms with Gasteiger partial charge in [-0.05, 0) is 19.3 Å². The molecule has 0 aliphatic heterocycles. The largest absolute Gasteiger partial charge is 0.383 e. The minimum Gasteiger partial charge on any atom is -0.383 e. The summed E-state index contributed by atoms with van der Waals surface area (Å²) >= 11 is 0. The van der Waals surface area contributed by atoms with Gasteiger partial charge in [-0.3, -0.25) is 4.68 Å². The Morgan fingerprint density at radius 2 is 2.22 bits per heavy atom. The van der Waals surface area contributed by atoms with E-state index in [4.69, 9.17) is 10.7 Å². The molecule has 3 rings (SSSR count). The van der Waals surface area contributed by atoms with Crippen LogP contribution < -0.4 is 5.73 Å². The van der Waals surface area contributed by atoms with Crippen molar-refractivity contribution in [2.45, 2.75) is 38.6 Å². The van der Waals surface area contributed by atoms with Crippen LogP contribution in [0.25, 0.3) is 11.3 Å². The van der Waals surface area contributed by atoms with Gasteiger partial charge in [-0.25, -0.2) is 4.98 Å². The number of hydrogen-bond donors (Lipinski definition) is 1. The molecule has 0 saturated heterocycles. The SMILES string of the molecule is CCCn1c(C2CC2)nc(-c2cnn(C)c2)c1N. The standard InChI is InChI=1S/C13H19N5/c1-3-6-18-12(14)11(10-7-15-17(2)8-10)16-13(18)9-4-5-9/h7-9H,3-6,14H2,1-2H3. The van der Waals surface area contributed by atoms with Crippen LogP contribution in [0.3, 0.4) is 0 Å². The van der Waals surface area contributed by atoms with Gasteiger partial charge in [0.05, 0.1) is 6.20 Å².